The van der Waals surface area contributed by atoms with Crippen molar-refractivity contribution in [2.45, 2.75) is 77.4 Å². The van der Waals surface area contributed by atoms with Gasteiger partial charge in [0.15, 0.2) is 8.32 Å². The second kappa shape index (κ2) is 15.7. The number of carbonyl (C=O) groups is 1. The number of pyridine rings is 1. The van der Waals surface area contributed by atoms with Crippen LogP contribution in [0.5, 0.6) is 11.5 Å². The van der Waals surface area contributed by atoms with E-state index in [9.17, 15) is 14.7 Å². The minimum absolute atomic E-state index is 0.0120. The molecule has 0 spiro atoms. The number of ether oxygens (including phenoxy) is 1. The molecule has 6 aromatic rings. The van der Waals surface area contributed by atoms with E-state index in [0.717, 1.165) is 70.0 Å². The number of H-pyrrole nitrogens is 1. The van der Waals surface area contributed by atoms with Gasteiger partial charge < -0.3 is 30.3 Å². The summed E-state index contributed by atoms with van der Waals surface area (Å²) in [6.45, 7) is 12.9. The molecule has 0 bridgehead atoms. The molecule has 2 aromatic heterocycles. The van der Waals surface area contributed by atoms with E-state index < -0.39 is 14.4 Å². The molecule has 11 nitrogen and oxygen atoms in total. The standard InChI is InChI=1S/C41H48N6O5Si/c1-41(2,3)53(4,5)52-37(31-17-20-35(48)39-32(31)18-21-38(49)44-39)26-43-25-28-15-19-34-33(23-28)45-46-47(34)22-10-9-11-27-14-16-30(29-12-7-6-8-13-29)36(24-27)51-40(42)50/h6-8,12-21,23-24,37,43,48H,9-11,22,25-26H2,1-5H3,(H2,42,50)(H,44,49)/t37-/m0/s1. The molecular formula is C41H48N6O5Si. The van der Waals surface area contributed by atoms with Crippen LogP contribution in [0.4, 0.5) is 4.79 Å². The van der Waals surface area contributed by atoms with Crippen LogP contribution in [0.1, 0.15) is 56.4 Å². The molecule has 0 aliphatic carbocycles. The highest BCUT2D eigenvalue weighted by atomic mass is 28.4. The first-order valence-corrected chi connectivity index (χ1v) is 20.9. The predicted molar refractivity (Wildman–Crippen MR) is 212 cm³/mol. The van der Waals surface area contributed by atoms with E-state index in [-0.39, 0.29) is 22.5 Å². The minimum Gasteiger partial charge on any atom is -0.506 e. The zero-order valence-electron chi connectivity index (χ0n) is 31.0. The van der Waals surface area contributed by atoms with Crippen molar-refractivity contribution >= 4 is 36.3 Å². The number of amides is 1. The van der Waals surface area contributed by atoms with Crippen LogP contribution in [0.15, 0.2) is 95.8 Å². The third kappa shape index (κ3) is 8.85. The SMILES string of the molecule is CC(C)(C)[Si](C)(C)O[C@@H](CNCc1ccc2c(c1)nnn2CCCCc1ccc(-c2ccccc2)c(OC(N)=O)c1)c1ccc(O)c2[nH]c(=O)ccc12. The molecule has 1 amide bonds. The molecule has 6 rings (SSSR count). The van der Waals surface area contributed by atoms with Crippen LogP contribution >= 0.6 is 0 Å². The Hall–Kier alpha value is -5.30. The molecule has 0 radical (unpaired) electrons. The van der Waals surface area contributed by atoms with Crippen molar-refractivity contribution in [1.29, 1.82) is 0 Å². The van der Waals surface area contributed by atoms with Crippen LogP contribution in [-0.4, -0.2) is 46.0 Å². The van der Waals surface area contributed by atoms with Gasteiger partial charge in [-0.1, -0.05) is 80.6 Å². The van der Waals surface area contributed by atoms with Gasteiger partial charge in [0, 0.05) is 36.7 Å². The predicted octanol–water partition coefficient (Wildman–Crippen LogP) is 7.98. The molecule has 0 fully saturated rings. The highest BCUT2D eigenvalue weighted by Gasteiger charge is 2.39. The number of unbranched alkanes of at least 4 members (excludes halogenated alkanes) is 1. The van der Waals surface area contributed by atoms with Crippen LogP contribution in [0, 0.1) is 0 Å². The van der Waals surface area contributed by atoms with Gasteiger partial charge in [0.25, 0.3) is 0 Å². The quantitative estimate of drug-likeness (QED) is 0.0649. The third-order valence-electron chi connectivity index (χ3n) is 10.2. The summed E-state index contributed by atoms with van der Waals surface area (Å²) in [6.07, 6.45) is 1.47. The molecule has 0 aliphatic rings. The van der Waals surface area contributed by atoms with Crippen molar-refractivity contribution in [2.24, 2.45) is 5.73 Å². The Morgan fingerprint density at radius 3 is 2.51 bits per heavy atom. The Morgan fingerprint density at radius 1 is 0.981 bits per heavy atom. The number of phenolic OH excluding ortho intramolecular Hbond substituents is 1. The second-order valence-corrected chi connectivity index (χ2v) is 19.7. The van der Waals surface area contributed by atoms with Crippen molar-refractivity contribution in [1.82, 2.24) is 25.3 Å². The van der Waals surface area contributed by atoms with Gasteiger partial charge in [-0.15, -0.1) is 5.10 Å². The summed E-state index contributed by atoms with van der Waals surface area (Å²) in [5.41, 5.74) is 12.1. The van der Waals surface area contributed by atoms with Gasteiger partial charge in [-0.05, 0) is 90.0 Å². The van der Waals surface area contributed by atoms with Crippen molar-refractivity contribution in [3.8, 4) is 22.6 Å². The molecule has 0 unspecified atom stereocenters. The lowest BCUT2D eigenvalue weighted by molar-refractivity contribution is 0.181. The Bertz CT molecular complexity index is 2280. The summed E-state index contributed by atoms with van der Waals surface area (Å²) in [4.78, 5) is 26.5. The molecule has 5 N–H and O–H groups in total. The number of phenols is 1. The molecule has 12 heteroatoms. The van der Waals surface area contributed by atoms with E-state index >= 15 is 0 Å². The topological polar surface area (TPSA) is 157 Å². The third-order valence-corrected chi connectivity index (χ3v) is 14.6. The summed E-state index contributed by atoms with van der Waals surface area (Å²) in [6, 6.07) is 28.7. The van der Waals surface area contributed by atoms with Crippen molar-refractivity contribution < 1.29 is 19.1 Å². The zero-order chi connectivity index (χ0) is 37.8. The lowest BCUT2D eigenvalue weighted by Gasteiger charge is -2.39. The van der Waals surface area contributed by atoms with Crippen LogP contribution in [-0.2, 0) is 23.9 Å². The van der Waals surface area contributed by atoms with E-state index in [0.29, 0.717) is 24.4 Å². The molecule has 0 saturated carbocycles. The Balaban J connectivity index is 1.09. The Kier molecular flexibility index (Phi) is 11.1. The van der Waals surface area contributed by atoms with Gasteiger partial charge in [-0.3, -0.25) is 4.79 Å². The fraction of sp³-hybridized carbons (Fsp3) is 0.317. The summed E-state index contributed by atoms with van der Waals surface area (Å²) in [7, 11) is -2.20. The number of nitrogens with zero attached hydrogens (tertiary/aromatic N) is 3. The minimum atomic E-state index is -2.20. The first-order chi connectivity index (χ1) is 25.3. The van der Waals surface area contributed by atoms with Crippen molar-refractivity contribution in [3.05, 3.63) is 118 Å². The molecule has 4 aromatic carbocycles. The number of benzene rings is 4. The number of aromatic hydroxyl groups is 1. The van der Waals surface area contributed by atoms with E-state index in [1.807, 2.05) is 53.2 Å². The van der Waals surface area contributed by atoms with Gasteiger partial charge in [0.1, 0.15) is 17.0 Å². The van der Waals surface area contributed by atoms with E-state index in [4.69, 9.17) is 14.9 Å². The molecule has 2 heterocycles. The van der Waals surface area contributed by atoms with Gasteiger partial charge in [-0.2, -0.15) is 0 Å². The second-order valence-electron chi connectivity index (χ2n) is 15.0. The Morgan fingerprint density at radius 2 is 1.75 bits per heavy atom. The maximum absolute atomic E-state index is 12.1. The smallest absolute Gasteiger partial charge is 0.409 e. The van der Waals surface area contributed by atoms with Crippen LogP contribution in [0.3, 0.4) is 0 Å². The highest BCUT2D eigenvalue weighted by Crippen LogP contribution is 2.41. The molecule has 276 valence electrons. The average molecular weight is 733 g/mol. The maximum Gasteiger partial charge on any atom is 0.409 e. The molecule has 1 atom stereocenters. The number of hydrogen-bond acceptors (Lipinski definition) is 8. The number of rotatable bonds is 14. The fourth-order valence-corrected chi connectivity index (χ4v) is 7.56. The average Bonchev–Trinajstić information content (AvgIpc) is 3.52. The summed E-state index contributed by atoms with van der Waals surface area (Å²) >= 11 is 0. The van der Waals surface area contributed by atoms with Gasteiger partial charge in [0.05, 0.1) is 17.1 Å². The Labute approximate surface area is 310 Å². The fourth-order valence-electron chi connectivity index (χ4n) is 6.29. The largest absolute Gasteiger partial charge is 0.506 e. The number of aryl methyl sites for hydroxylation is 2. The van der Waals surface area contributed by atoms with Crippen LogP contribution < -0.4 is 21.3 Å². The normalized spacial score (nSPS) is 12.7. The summed E-state index contributed by atoms with van der Waals surface area (Å²) in [5.74, 6) is 0.486. The number of hydrogen-bond donors (Lipinski definition) is 4. The van der Waals surface area contributed by atoms with Crippen LogP contribution in [0.2, 0.25) is 18.1 Å². The van der Waals surface area contributed by atoms with Gasteiger partial charge in [0.2, 0.25) is 5.56 Å². The molecular weight excluding hydrogens is 685 g/mol. The number of aromatic nitrogens is 4. The summed E-state index contributed by atoms with van der Waals surface area (Å²) in [5, 5.41) is 23.8. The van der Waals surface area contributed by atoms with E-state index in [1.54, 1.807) is 12.1 Å². The van der Waals surface area contributed by atoms with Crippen molar-refractivity contribution in [2.75, 3.05) is 6.54 Å². The van der Waals surface area contributed by atoms with E-state index in [2.05, 4.69) is 78.7 Å². The number of primary amides is 1. The number of aromatic amines is 1. The van der Waals surface area contributed by atoms with Gasteiger partial charge >= 0.3 is 6.09 Å². The summed E-state index contributed by atoms with van der Waals surface area (Å²) < 4.78 is 14.3. The number of nitrogens with two attached hydrogens (primary N) is 1. The van der Waals surface area contributed by atoms with Gasteiger partial charge in [-0.25, -0.2) is 9.48 Å². The molecule has 53 heavy (non-hydrogen) atoms. The number of carbonyl (C=O) groups excluding carboxylic acids is 1. The molecule has 0 aliphatic heterocycles. The lowest BCUT2D eigenvalue weighted by Crippen LogP contribution is -2.43. The first kappa shape index (κ1) is 37.5. The lowest BCUT2D eigenvalue weighted by atomic mass is 10.0. The monoisotopic (exact) mass is 732 g/mol. The van der Waals surface area contributed by atoms with Crippen LogP contribution in [0.25, 0.3) is 33.1 Å². The molecule has 0 saturated heterocycles. The van der Waals surface area contributed by atoms with Crippen molar-refractivity contribution in [3.63, 3.8) is 0 Å². The first-order valence-electron chi connectivity index (χ1n) is 18.0. The zero-order valence-corrected chi connectivity index (χ0v) is 32.0. The highest BCUT2D eigenvalue weighted by molar-refractivity contribution is 6.74. The maximum atomic E-state index is 12.1. The van der Waals surface area contributed by atoms with E-state index in [1.165, 1.54) is 6.07 Å². The number of fused-ring (bicyclic) bond motifs is 2. The number of nitrogens with one attached hydrogen (secondary N) is 2.